The first-order chi connectivity index (χ1) is 10.0. The predicted octanol–water partition coefficient (Wildman–Crippen LogP) is 3.29. The molecule has 114 valence electrons. The van der Waals surface area contributed by atoms with Gasteiger partial charge in [0.15, 0.2) is 0 Å². The molecule has 0 heterocycles. The second kappa shape index (κ2) is 6.93. The number of anilines is 1. The molecule has 6 heteroatoms. The van der Waals surface area contributed by atoms with Gasteiger partial charge in [0.25, 0.3) is 0 Å². The third-order valence-corrected chi connectivity index (χ3v) is 4.54. The number of hydrogen-bond acceptors (Lipinski definition) is 3. The minimum atomic E-state index is -0.889. The molecule has 1 fully saturated rings. The molecule has 0 radical (unpaired) electrons. The van der Waals surface area contributed by atoms with Gasteiger partial charge in [0, 0.05) is 10.5 Å². The van der Waals surface area contributed by atoms with Crippen LogP contribution >= 0.6 is 15.9 Å². The summed E-state index contributed by atoms with van der Waals surface area (Å²) in [7, 11) is 1.55. The van der Waals surface area contributed by atoms with Gasteiger partial charge in [-0.1, -0.05) is 12.8 Å². The second-order valence-electron chi connectivity index (χ2n) is 5.17. The Hall–Kier alpha value is -1.56. The summed E-state index contributed by atoms with van der Waals surface area (Å²) in [6.07, 6.45) is 2.93. The van der Waals surface area contributed by atoms with Gasteiger partial charge in [0.1, 0.15) is 5.75 Å². The first-order valence-electron chi connectivity index (χ1n) is 6.90. The molecule has 5 nitrogen and oxygen atoms in total. The van der Waals surface area contributed by atoms with Crippen molar-refractivity contribution in [2.24, 2.45) is 11.8 Å². The van der Waals surface area contributed by atoms with Crippen LogP contribution in [0.25, 0.3) is 0 Å². The van der Waals surface area contributed by atoms with E-state index in [4.69, 9.17) is 4.74 Å². The maximum Gasteiger partial charge on any atom is 0.307 e. The van der Waals surface area contributed by atoms with Crippen LogP contribution in [-0.2, 0) is 9.59 Å². The third-order valence-electron chi connectivity index (χ3n) is 3.85. The summed E-state index contributed by atoms with van der Waals surface area (Å²) in [6.45, 7) is 0. The van der Waals surface area contributed by atoms with Crippen molar-refractivity contribution in [3.8, 4) is 5.75 Å². The van der Waals surface area contributed by atoms with Crippen LogP contribution in [0.5, 0.6) is 5.75 Å². The molecule has 1 aromatic carbocycles. The van der Waals surface area contributed by atoms with E-state index in [1.807, 2.05) is 0 Å². The van der Waals surface area contributed by atoms with Gasteiger partial charge in [-0.15, -0.1) is 0 Å². The van der Waals surface area contributed by atoms with Crippen LogP contribution in [0, 0.1) is 11.8 Å². The largest absolute Gasteiger partial charge is 0.497 e. The minimum absolute atomic E-state index is 0.240. The summed E-state index contributed by atoms with van der Waals surface area (Å²) in [5, 5.41) is 12.1. The van der Waals surface area contributed by atoms with Crippen molar-refractivity contribution < 1.29 is 19.4 Å². The Morgan fingerprint density at radius 2 is 1.95 bits per heavy atom. The number of carbonyl (C=O) groups excluding carboxylic acids is 1. The molecular weight excluding hydrogens is 338 g/mol. The molecular formula is C15H18BrNO4. The van der Waals surface area contributed by atoms with Gasteiger partial charge in [0.2, 0.25) is 5.91 Å². The number of aliphatic carboxylic acids is 1. The van der Waals surface area contributed by atoms with Crippen molar-refractivity contribution in [1.82, 2.24) is 0 Å². The predicted molar refractivity (Wildman–Crippen MR) is 82.4 cm³/mol. The van der Waals surface area contributed by atoms with Crippen molar-refractivity contribution in [3.63, 3.8) is 0 Å². The van der Waals surface area contributed by atoms with Crippen molar-refractivity contribution in [1.29, 1.82) is 0 Å². The minimum Gasteiger partial charge on any atom is -0.497 e. The van der Waals surface area contributed by atoms with Gasteiger partial charge in [0.05, 0.1) is 24.6 Å². The Morgan fingerprint density at radius 1 is 1.29 bits per heavy atom. The molecule has 1 aliphatic rings. The summed E-state index contributed by atoms with van der Waals surface area (Å²) in [5.41, 5.74) is 0.592. The maximum atomic E-state index is 12.4. The molecule has 0 aromatic heterocycles. The summed E-state index contributed by atoms with van der Waals surface area (Å²) in [6, 6.07) is 5.27. The van der Waals surface area contributed by atoms with Crippen LogP contribution in [-0.4, -0.2) is 24.1 Å². The lowest BCUT2D eigenvalue weighted by molar-refractivity contribution is -0.147. The number of rotatable bonds is 4. The number of halogens is 1. The zero-order chi connectivity index (χ0) is 15.4. The number of methoxy groups -OCH3 is 1. The Bertz CT molecular complexity index is 546. The Labute approximate surface area is 131 Å². The van der Waals surface area contributed by atoms with E-state index in [1.54, 1.807) is 25.3 Å². The highest BCUT2D eigenvalue weighted by molar-refractivity contribution is 9.10. The smallest absolute Gasteiger partial charge is 0.307 e. The first kappa shape index (κ1) is 15.8. The molecule has 0 aliphatic heterocycles. The van der Waals surface area contributed by atoms with E-state index < -0.39 is 17.8 Å². The van der Waals surface area contributed by atoms with Crippen LogP contribution in [0.2, 0.25) is 0 Å². The number of nitrogens with one attached hydrogen (secondary N) is 1. The first-order valence-corrected chi connectivity index (χ1v) is 7.69. The number of ether oxygens (including phenoxy) is 1. The Balaban J connectivity index is 2.14. The van der Waals surface area contributed by atoms with E-state index >= 15 is 0 Å². The number of carboxylic acid groups (broad SMARTS) is 1. The molecule has 21 heavy (non-hydrogen) atoms. The standard InChI is InChI=1S/C15H18BrNO4/c1-21-9-6-7-12(16)13(8-9)17-14(18)10-4-2-3-5-11(10)15(19)20/h6-8,10-11H,2-5H2,1H3,(H,17,18)(H,19,20). The highest BCUT2D eigenvalue weighted by Gasteiger charge is 2.35. The molecule has 2 atom stereocenters. The molecule has 2 N–H and O–H groups in total. The maximum absolute atomic E-state index is 12.4. The van der Waals surface area contributed by atoms with Crippen molar-refractivity contribution in [2.75, 3.05) is 12.4 Å². The fourth-order valence-electron chi connectivity index (χ4n) is 2.69. The number of carboxylic acids is 1. The van der Waals surface area contributed by atoms with Gasteiger partial charge < -0.3 is 15.2 Å². The molecule has 2 unspecified atom stereocenters. The van der Waals surface area contributed by atoms with Crippen LogP contribution in [0.4, 0.5) is 5.69 Å². The highest BCUT2D eigenvalue weighted by Crippen LogP contribution is 2.33. The molecule has 0 saturated heterocycles. The van der Waals surface area contributed by atoms with Gasteiger partial charge in [-0.2, -0.15) is 0 Å². The van der Waals surface area contributed by atoms with Crippen molar-refractivity contribution >= 4 is 33.5 Å². The van der Waals surface area contributed by atoms with Crippen LogP contribution in [0.3, 0.4) is 0 Å². The number of amides is 1. The molecule has 1 aliphatic carbocycles. The molecule has 1 aromatic rings. The van der Waals surface area contributed by atoms with Gasteiger partial charge >= 0.3 is 5.97 Å². The summed E-state index contributed by atoms with van der Waals surface area (Å²) in [5.74, 6) is -1.57. The number of carbonyl (C=O) groups is 2. The lowest BCUT2D eigenvalue weighted by Gasteiger charge is -2.27. The zero-order valence-corrected chi connectivity index (χ0v) is 13.4. The van der Waals surface area contributed by atoms with Crippen LogP contribution in [0.1, 0.15) is 25.7 Å². The van der Waals surface area contributed by atoms with Gasteiger partial charge in [-0.05, 0) is 40.9 Å². The molecule has 0 spiro atoms. The molecule has 1 amide bonds. The lowest BCUT2D eigenvalue weighted by atomic mass is 9.78. The Kier molecular flexibility index (Phi) is 5.22. The third kappa shape index (κ3) is 3.75. The second-order valence-corrected chi connectivity index (χ2v) is 6.03. The average molecular weight is 356 g/mol. The average Bonchev–Trinajstić information content (AvgIpc) is 2.49. The van der Waals surface area contributed by atoms with Gasteiger partial charge in [-0.25, -0.2) is 0 Å². The quantitative estimate of drug-likeness (QED) is 0.868. The van der Waals surface area contributed by atoms with Crippen molar-refractivity contribution in [3.05, 3.63) is 22.7 Å². The molecule has 1 saturated carbocycles. The van der Waals surface area contributed by atoms with E-state index in [1.165, 1.54) is 0 Å². The summed E-state index contributed by atoms with van der Waals surface area (Å²) in [4.78, 5) is 23.7. The summed E-state index contributed by atoms with van der Waals surface area (Å²) >= 11 is 3.37. The fourth-order valence-corrected chi connectivity index (χ4v) is 3.04. The SMILES string of the molecule is COc1ccc(Br)c(NC(=O)C2CCCCC2C(=O)O)c1. The number of hydrogen-bond donors (Lipinski definition) is 2. The monoisotopic (exact) mass is 355 g/mol. The molecule has 0 bridgehead atoms. The molecule has 2 rings (SSSR count). The van der Waals surface area contributed by atoms with Crippen LogP contribution in [0.15, 0.2) is 22.7 Å². The van der Waals surface area contributed by atoms with Crippen LogP contribution < -0.4 is 10.1 Å². The topological polar surface area (TPSA) is 75.6 Å². The van der Waals surface area contributed by atoms with E-state index in [2.05, 4.69) is 21.2 Å². The van der Waals surface area contributed by atoms with E-state index in [-0.39, 0.29) is 5.91 Å². The zero-order valence-electron chi connectivity index (χ0n) is 11.8. The Morgan fingerprint density at radius 3 is 2.57 bits per heavy atom. The number of benzene rings is 1. The summed E-state index contributed by atoms with van der Waals surface area (Å²) < 4.78 is 5.87. The normalized spacial score (nSPS) is 21.6. The van der Waals surface area contributed by atoms with E-state index in [0.717, 1.165) is 17.3 Å². The van der Waals surface area contributed by atoms with Gasteiger partial charge in [-0.3, -0.25) is 9.59 Å². The van der Waals surface area contributed by atoms with E-state index in [0.29, 0.717) is 24.3 Å². The van der Waals surface area contributed by atoms with Crippen molar-refractivity contribution in [2.45, 2.75) is 25.7 Å². The fraction of sp³-hybridized carbons (Fsp3) is 0.467. The highest BCUT2D eigenvalue weighted by atomic mass is 79.9. The van der Waals surface area contributed by atoms with E-state index in [9.17, 15) is 14.7 Å². The lowest BCUT2D eigenvalue weighted by Crippen LogP contribution is -2.36.